The third-order valence-corrected chi connectivity index (χ3v) is 3.13. The number of carbonyl (C=O) groups excluding carboxylic acids is 2. The van der Waals surface area contributed by atoms with Crippen LogP contribution in [0.1, 0.15) is 24.2 Å². The van der Waals surface area contributed by atoms with Crippen molar-refractivity contribution in [2.45, 2.75) is 20.0 Å². The molecule has 24 heavy (non-hydrogen) atoms. The Labute approximate surface area is 137 Å². The Hall–Kier alpha value is -3.29. The molecule has 0 spiro atoms. The minimum atomic E-state index is -0.992. The van der Waals surface area contributed by atoms with Gasteiger partial charge in [-0.15, -0.1) is 0 Å². The van der Waals surface area contributed by atoms with E-state index in [-0.39, 0.29) is 11.5 Å². The van der Waals surface area contributed by atoms with Crippen LogP contribution in [0, 0.1) is 10.1 Å². The zero-order chi connectivity index (χ0) is 17.7. The molecule has 0 radical (unpaired) electrons. The molecule has 124 valence electrons. The topological polar surface area (TPSA) is 111 Å². The number of hydrogen-bond acceptors (Lipinski definition) is 6. The Morgan fingerprint density at radius 3 is 2.71 bits per heavy atom. The van der Waals surface area contributed by atoms with Gasteiger partial charge in [0.15, 0.2) is 11.9 Å². The first-order valence-electron chi connectivity index (χ1n) is 7.06. The van der Waals surface area contributed by atoms with Gasteiger partial charge in [0.25, 0.3) is 5.91 Å². The van der Waals surface area contributed by atoms with Crippen LogP contribution in [0.4, 0.5) is 11.5 Å². The first-order chi connectivity index (χ1) is 11.4. The van der Waals surface area contributed by atoms with Gasteiger partial charge in [-0.3, -0.25) is 9.59 Å². The number of ether oxygens (including phenoxy) is 1. The number of hydrogen-bond donors (Lipinski definition) is 1. The Kier molecular flexibility index (Phi) is 5.20. The highest BCUT2D eigenvalue weighted by molar-refractivity contribution is 5.98. The van der Waals surface area contributed by atoms with E-state index in [0.717, 1.165) is 0 Å². The van der Waals surface area contributed by atoms with E-state index in [9.17, 15) is 19.7 Å². The zero-order valence-electron chi connectivity index (χ0n) is 13.1. The highest BCUT2D eigenvalue weighted by atomic mass is 16.6. The van der Waals surface area contributed by atoms with Crippen LogP contribution >= 0.6 is 0 Å². The maximum absolute atomic E-state index is 12.2. The molecule has 0 aliphatic carbocycles. The van der Waals surface area contributed by atoms with Crippen molar-refractivity contribution in [1.82, 2.24) is 4.98 Å². The molecule has 0 bridgehead atoms. The summed E-state index contributed by atoms with van der Waals surface area (Å²) in [6, 6.07) is 9.29. The van der Waals surface area contributed by atoms with E-state index < -0.39 is 22.8 Å². The fraction of sp³-hybridized carbons (Fsp3) is 0.188. The number of anilines is 1. The zero-order valence-corrected chi connectivity index (χ0v) is 13.1. The van der Waals surface area contributed by atoms with Gasteiger partial charge in [-0.05, 0) is 48.0 Å². The fourth-order valence-electron chi connectivity index (χ4n) is 1.92. The normalized spacial score (nSPS) is 11.4. The van der Waals surface area contributed by atoms with E-state index in [0.29, 0.717) is 11.3 Å². The summed E-state index contributed by atoms with van der Waals surface area (Å²) in [5, 5.41) is 13.5. The largest absolute Gasteiger partial charge is 0.473 e. The number of Topliss-reactive ketones (excluding diaryl/α,β-unsaturated/α-hetero) is 1. The Morgan fingerprint density at radius 1 is 1.29 bits per heavy atom. The lowest BCUT2D eigenvalue weighted by molar-refractivity contribution is -0.390. The molecule has 1 amide bonds. The number of rotatable bonds is 6. The second-order valence-electron chi connectivity index (χ2n) is 4.97. The molecule has 0 aliphatic heterocycles. The predicted molar refractivity (Wildman–Crippen MR) is 86.1 cm³/mol. The van der Waals surface area contributed by atoms with Gasteiger partial charge in [0.05, 0.1) is 0 Å². The quantitative estimate of drug-likeness (QED) is 0.495. The lowest BCUT2D eigenvalue weighted by atomic mass is 10.1. The minimum Gasteiger partial charge on any atom is -0.473 e. The molecule has 2 rings (SSSR count). The Morgan fingerprint density at radius 2 is 2.04 bits per heavy atom. The van der Waals surface area contributed by atoms with Gasteiger partial charge in [0, 0.05) is 11.3 Å². The molecule has 1 atom stereocenters. The third kappa shape index (κ3) is 4.13. The van der Waals surface area contributed by atoms with Gasteiger partial charge < -0.3 is 20.2 Å². The third-order valence-electron chi connectivity index (χ3n) is 3.13. The molecule has 1 N–H and O–H groups in total. The van der Waals surface area contributed by atoms with E-state index in [1.54, 1.807) is 24.3 Å². The van der Waals surface area contributed by atoms with Gasteiger partial charge in [-0.2, -0.15) is 0 Å². The van der Waals surface area contributed by atoms with Crippen molar-refractivity contribution in [1.29, 1.82) is 0 Å². The van der Waals surface area contributed by atoms with Crippen LogP contribution in [0.25, 0.3) is 0 Å². The molecule has 8 nitrogen and oxygen atoms in total. The van der Waals surface area contributed by atoms with E-state index in [1.165, 1.54) is 32.2 Å². The molecule has 0 saturated carbocycles. The van der Waals surface area contributed by atoms with Crippen LogP contribution in [0.2, 0.25) is 0 Å². The summed E-state index contributed by atoms with van der Waals surface area (Å²) in [4.78, 5) is 37.3. The van der Waals surface area contributed by atoms with Gasteiger partial charge in [0.1, 0.15) is 6.20 Å². The molecule has 1 aromatic carbocycles. The van der Waals surface area contributed by atoms with Crippen molar-refractivity contribution in [3.63, 3.8) is 0 Å². The number of amides is 1. The van der Waals surface area contributed by atoms with Gasteiger partial charge in [-0.25, -0.2) is 0 Å². The number of ketones is 1. The average molecular weight is 329 g/mol. The highest BCUT2D eigenvalue weighted by Gasteiger charge is 2.22. The molecule has 8 heteroatoms. The van der Waals surface area contributed by atoms with Crippen LogP contribution in [0.15, 0.2) is 42.6 Å². The lowest BCUT2D eigenvalue weighted by Gasteiger charge is -2.14. The van der Waals surface area contributed by atoms with Crippen molar-refractivity contribution >= 4 is 23.2 Å². The van der Waals surface area contributed by atoms with E-state index >= 15 is 0 Å². The summed E-state index contributed by atoms with van der Waals surface area (Å²) in [6.45, 7) is 2.88. The van der Waals surface area contributed by atoms with Gasteiger partial charge in [-0.1, -0.05) is 12.1 Å². The SMILES string of the molecule is CC(=O)c1cccc(NC(=O)[C@@H](C)Oc2cccnc2[N+](=O)[O-])c1. The first kappa shape index (κ1) is 17.1. The van der Waals surface area contributed by atoms with Crippen LogP contribution < -0.4 is 10.1 Å². The Balaban J connectivity index is 2.09. The van der Waals surface area contributed by atoms with Crippen molar-refractivity contribution in [3.8, 4) is 5.75 Å². The lowest BCUT2D eigenvalue weighted by Crippen LogP contribution is -2.30. The predicted octanol–water partition coefficient (Wildman–Crippen LogP) is 2.60. The fourth-order valence-corrected chi connectivity index (χ4v) is 1.92. The van der Waals surface area contributed by atoms with E-state index in [4.69, 9.17) is 4.74 Å². The number of nitro groups is 1. The molecular weight excluding hydrogens is 314 g/mol. The summed E-state index contributed by atoms with van der Waals surface area (Å²) in [7, 11) is 0. The minimum absolute atomic E-state index is 0.0948. The number of nitrogens with zero attached hydrogens (tertiary/aromatic N) is 2. The number of carbonyl (C=O) groups is 2. The monoisotopic (exact) mass is 329 g/mol. The van der Waals surface area contributed by atoms with Crippen molar-refractivity contribution in [3.05, 3.63) is 58.3 Å². The molecule has 1 aromatic heterocycles. The second-order valence-corrected chi connectivity index (χ2v) is 4.97. The molecule has 1 heterocycles. The second kappa shape index (κ2) is 7.32. The smallest absolute Gasteiger partial charge is 0.406 e. The van der Waals surface area contributed by atoms with Crippen molar-refractivity contribution < 1.29 is 19.2 Å². The van der Waals surface area contributed by atoms with Gasteiger partial charge in [0.2, 0.25) is 5.75 Å². The van der Waals surface area contributed by atoms with Crippen LogP contribution in [-0.2, 0) is 4.79 Å². The van der Waals surface area contributed by atoms with Crippen molar-refractivity contribution in [2.24, 2.45) is 0 Å². The summed E-state index contributed by atoms with van der Waals surface area (Å²) in [6.07, 6.45) is 0.275. The first-order valence-corrected chi connectivity index (χ1v) is 7.06. The Bertz CT molecular complexity index is 791. The highest BCUT2D eigenvalue weighted by Crippen LogP contribution is 2.24. The van der Waals surface area contributed by atoms with Gasteiger partial charge >= 0.3 is 5.82 Å². The summed E-state index contributed by atoms with van der Waals surface area (Å²) in [5.41, 5.74) is 0.896. The molecule has 0 fully saturated rings. The molecule has 0 unspecified atom stereocenters. The number of nitrogens with one attached hydrogen (secondary N) is 1. The number of pyridine rings is 1. The molecule has 2 aromatic rings. The van der Waals surface area contributed by atoms with Crippen molar-refractivity contribution in [2.75, 3.05) is 5.32 Å². The summed E-state index contributed by atoms with van der Waals surface area (Å²) >= 11 is 0. The maximum Gasteiger partial charge on any atom is 0.406 e. The van der Waals surface area contributed by atoms with Crippen LogP contribution in [-0.4, -0.2) is 27.7 Å². The average Bonchev–Trinajstić information content (AvgIpc) is 2.55. The summed E-state index contributed by atoms with van der Waals surface area (Å²) in [5.74, 6) is -1.19. The molecule has 0 aliphatic rings. The maximum atomic E-state index is 12.2. The van der Waals surface area contributed by atoms with Crippen LogP contribution in [0.5, 0.6) is 5.75 Å². The number of aromatic nitrogens is 1. The standard InChI is InChI=1S/C16H15N3O5/c1-10(20)12-5-3-6-13(9-12)18-16(21)11(2)24-14-7-4-8-17-15(14)19(22)23/h3-9,11H,1-2H3,(H,18,21)/t11-/m1/s1. The molecule has 0 saturated heterocycles. The van der Waals surface area contributed by atoms with Crippen LogP contribution in [0.3, 0.4) is 0 Å². The summed E-state index contributed by atoms with van der Waals surface area (Å²) < 4.78 is 5.34. The molecular formula is C16H15N3O5. The van der Waals surface area contributed by atoms with E-state index in [1.807, 2.05) is 0 Å². The number of benzene rings is 1. The van der Waals surface area contributed by atoms with E-state index in [2.05, 4.69) is 10.3 Å².